The van der Waals surface area contributed by atoms with E-state index in [0.717, 1.165) is 62.5 Å². The lowest BCUT2D eigenvalue weighted by molar-refractivity contribution is -0.137. The normalized spacial score (nSPS) is 14.4. The maximum Gasteiger partial charge on any atom is 0.303 e. The number of ether oxygens (including phenoxy) is 1. The summed E-state index contributed by atoms with van der Waals surface area (Å²) in [5.74, 6) is -0.209. The van der Waals surface area contributed by atoms with Crippen LogP contribution in [0.5, 0.6) is 11.6 Å². The number of aliphatic carboxylic acids is 1. The highest BCUT2D eigenvalue weighted by Gasteiger charge is 2.32. The molecular weight excluding hydrogens is 558 g/mol. The van der Waals surface area contributed by atoms with Crippen LogP contribution in [0, 0.1) is 13.8 Å². The number of amides is 1. The van der Waals surface area contributed by atoms with Gasteiger partial charge in [0.15, 0.2) is 0 Å². The molecule has 1 amide bonds. The molecule has 10 heteroatoms. The third kappa shape index (κ3) is 7.83. The highest BCUT2D eigenvalue weighted by atomic mass is 32.2. The van der Waals surface area contributed by atoms with Crippen LogP contribution in [0.25, 0.3) is 11.7 Å². The molecule has 0 bridgehead atoms. The SMILES string of the molecule is Cc1cccc(Oc2nc3ccccn3c(=O)c2/C=C2/SC(=S)N(CCCCCCCCCCC(=O)O)C2=O)c1C. The first kappa shape index (κ1) is 30.5. The smallest absolute Gasteiger partial charge is 0.303 e. The summed E-state index contributed by atoms with van der Waals surface area (Å²) < 4.78 is 8.11. The van der Waals surface area contributed by atoms with E-state index in [1.165, 1.54) is 16.2 Å². The molecule has 3 heterocycles. The predicted octanol–water partition coefficient (Wildman–Crippen LogP) is 6.90. The minimum atomic E-state index is -0.733. The summed E-state index contributed by atoms with van der Waals surface area (Å²) >= 11 is 6.71. The third-order valence-corrected chi connectivity index (χ3v) is 8.54. The number of benzene rings is 1. The fraction of sp³-hybridized carbons (Fsp3) is 0.387. The molecule has 1 aromatic carbocycles. The molecule has 1 fully saturated rings. The van der Waals surface area contributed by atoms with Gasteiger partial charge in [0.05, 0.1) is 4.91 Å². The van der Waals surface area contributed by atoms with E-state index in [9.17, 15) is 14.4 Å². The number of aryl methyl sites for hydroxylation is 1. The summed E-state index contributed by atoms with van der Waals surface area (Å²) in [6, 6.07) is 11.0. The van der Waals surface area contributed by atoms with Crippen LogP contribution in [0.1, 0.15) is 74.5 Å². The lowest BCUT2D eigenvalue weighted by Gasteiger charge is -2.14. The molecule has 0 atom stereocenters. The van der Waals surface area contributed by atoms with Gasteiger partial charge in [0.1, 0.15) is 21.3 Å². The van der Waals surface area contributed by atoms with Gasteiger partial charge in [-0.15, -0.1) is 0 Å². The average Bonchev–Trinajstić information content (AvgIpc) is 3.21. The van der Waals surface area contributed by atoms with E-state index in [4.69, 9.17) is 22.1 Å². The van der Waals surface area contributed by atoms with E-state index in [1.54, 1.807) is 35.4 Å². The summed E-state index contributed by atoms with van der Waals surface area (Å²) in [7, 11) is 0. The van der Waals surface area contributed by atoms with Crippen molar-refractivity contribution in [2.24, 2.45) is 0 Å². The Hall–Kier alpha value is -3.50. The molecule has 0 unspecified atom stereocenters. The molecular formula is C31H35N3O5S2. The highest BCUT2D eigenvalue weighted by molar-refractivity contribution is 8.26. The maximum atomic E-state index is 13.5. The van der Waals surface area contributed by atoms with Crippen molar-refractivity contribution in [3.63, 3.8) is 0 Å². The number of rotatable bonds is 14. The molecule has 1 aliphatic heterocycles. The van der Waals surface area contributed by atoms with Gasteiger partial charge in [-0.25, -0.2) is 0 Å². The molecule has 0 radical (unpaired) electrons. The Labute approximate surface area is 249 Å². The lowest BCUT2D eigenvalue weighted by Crippen LogP contribution is -2.29. The molecule has 41 heavy (non-hydrogen) atoms. The van der Waals surface area contributed by atoms with Crippen LogP contribution in [-0.4, -0.2) is 42.1 Å². The first-order valence-electron chi connectivity index (χ1n) is 14.0. The standard InChI is InChI=1S/C31H35N3O5S2/c1-21-14-13-15-24(22(21)2)39-28-23(29(37)33-18-12-10-16-26(33)32-28)20-25-30(38)34(31(40)41-25)19-11-8-6-4-3-5-7-9-17-27(35)36/h10,12-16,18,20H,3-9,11,17,19H2,1-2H3,(H,35,36)/b25-20+. The number of carbonyl (C=O) groups is 2. The number of thioether (sulfide) groups is 1. The van der Waals surface area contributed by atoms with Crippen molar-refractivity contribution in [1.82, 2.24) is 14.3 Å². The van der Waals surface area contributed by atoms with Crippen molar-refractivity contribution in [1.29, 1.82) is 0 Å². The van der Waals surface area contributed by atoms with E-state index >= 15 is 0 Å². The van der Waals surface area contributed by atoms with Crippen LogP contribution in [-0.2, 0) is 9.59 Å². The van der Waals surface area contributed by atoms with Gasteiger partial charge >= 0.3 is 5.97 Å². The molecule has 1 N–H and O–H groups in total. The largest absolute Gasteiger partial charge is 0.481 e. The molecule has 0 saturated carbocycles. The number of unbranched alkanes of at least 4 members (excludes halogenated alkanes) is 7. The number of hydrogen-bond acceptors (Lipinski definition) is 7. The van der Waals surface area contributed by atoms with Crippen LogP contribution in [0.2, 0.25) is 0 Å². The van der Waals surface area contributed by atoms with E-state index < -0.39 is 5.97 Å². The number of thiocarbonyl (C=S) groups is 1. The van der Waals surface area contributed by atoms with Gasteiger partial charge in [0.25, 0.3) is 11.5 Å². The molecule has 1 saturated heterocycles. The minimum Gasteiger partial charge on any atom is -0.481 e. The third-order valence-electron chi connectivity index (χ3n) is 7.17. The summed E-state index contributed by atoms with van der Waals surface area (Å²) in [4.78, 5) is 44.0. The molecule has 216 valence electrons. The van der Waals surface area contributed by atoms with Crippen LogP contribution < -0.4 is 10.3 Å². The second-order valence-corrected chi connectivity index (χ2v) is 11.8. The van der Waals surface area contributed by atoms with Gasteiger partial charge in [-0.1, -0.05) is 80.7 Å². The first-order valence-corrected chi connectivity index (χ1v) is 15.2. The minimum absolute atomic E-state index is 0.142. The van der Waals surface area contributed by atoms with E-state index in [-0.39, 0.29) is 29.3 Å². The molecule has 1 aliphatic rings. The van der Waals surface area contributed by atoms with Gasteiger partial charge in [-0.2, -0.15) is 4.98 Å². The lowest BCUT2D eigenvalue weighted by atomic mass is 10.1. The van der Waals surface area contributed by atoms with E-state index in [1.807, 2.05) is 32.0 Å². The number of pyridine rings is 1. The van der Waals surface area contributed by atoms with E-state index in [2.05, 4.69) is 4.98 Å². The van der Waals surface area contributed by atoms with Gasteiger partial charge in [0, 0.05) is 19.2 Å². The van der Waals surface area contributed by atoms with Gasteiger partial charge in [-0.05, 0) is 62.1 Å². The Balaban J connectivity index is 1.43. The number of aromatic nitrogens is 2. The zero-order valence-electron chi connectivity index (χ0n) is 23.4. The second-order valence-electron chi connectivity index (χ2n) is 10.2. The van der Waals surface area contributed by atoms with Crippen molar-refractivity contribution >= 4 is 51.9 Å². The van der Waals surface area contributed by atoms with Gasteiger partial charge < -0.3 is 9.84 Å². The zero-order valence-corrected chi connectivity index (χ0v) is 25.1. The van der Waals surface area contributed by atoms with Crippen molar-refractivity contribution in [2.75, 3.05) is 6.54 Å². The second kappa shape index (κ2) is 14.4. The summed E-state index contributed by atoms with van der Waals surface area (Å²) in [5, 5.41) is 8.70. The number of carbonyl (C=O) groups excluding carboxylic acids is 1. The first-order chi connectivity index (χ1) is 19.8. The Morgan fingerprint density at radius 1 is 1.00 bits per heavy atom. The van der Waals surface area contributed by atoms with Crippen LogP contribution in [0.3, 0.4) is 0 Å². The number of nitrogens with zero attached hydrogens (tertiary/aromatic N) is 3. The number of fused-ring (bicyclic) bond motifs is 1. The van der Waals surface area contributed by atoms with Crippen molar-refractivity contribution in [2.45, 2.75) is 71.6 Å². The topological polar surface area (TPSA) is 101 Å². The summed E-state index contributed by atoms with van der Waals surface area (Å²) in [6.07, 6.45) is 11.2. The van der Waals surface area contributed by atoms with Crippen LogP contribution in [0.15, 0.2) is 52.3 Å². The predicted molar refractivity (Wildman–Crippen MR) is 167 cm³/mol. The van der Waals surface area contributed by atoms with E-state index in [0.29, 0.717) is 27.2 Å². The van der Waals surface area contributed by atoms with Crippen molar-refractivity contribution in [3.05, 3.63) is 74.5 Å². The number of hydrogen-bond donors (Lipinski definition) is 1. The Morgan fingerprint density at radius 2 is 1.71 bits per heavy atom. The Bertz CT molecular complexity index is 1530. The van der Waals surface area contributed by atoms with Crippen LogP contribution in [0.4, 0.5) is 0 Å². The maximum absolute atomic E-state index is 13.5. The monoisotopic (exact) mass is 593 g/mol. The molecule has 0 spiro atoms. The fourth-order valence-corrected chi connectivity index (χ4v) is 5.94. The van der Waals surface area contributed by atoms with Crippen molar-refractivity contribution < 1.29 is 19.4 Å². The summed E-state index contributed by atoms with van der Waals surface area (Å²) in [6.45, 7) is 4.47. The quantitative estimate of drug-likeness (QED) is 0.122. The average molecular weight is 594 g/mol. The summed E-state index contributed by atoms with van der Waals surface area (Å²) in [5.41, 5.74) is 2.31. The zero-order chi connectivity index (χ0) is 29.4. The molecule has 3 aromatic rings. The van der Waals surface area contributed by atoms with Crippen molar-refractivity contribution in [3.8, 4) is 11.6 Å². The molecule has 0 aliphatic carbocycles. The van der Waals surface area contributed by atoms with Gasteiger partial charge in [-0.3, -0.25) is 23.7 Å². The van der Waals surface area contributed by atoms with Gasteiger partial charge in [0.2, 0.25) is 5.88 Å². The Kier molecular flexibility index (Phi) is 10.7. The Morgan fingerprint density at radius 3 is 2.44 bits per heavy atom. The highest BCUT2D eigenvalue weighted by Crippen LogP contribution is 2.35. The molecule has 4 rings (SSSR count). The molecule has 8 nitrogen and oxygen atoms in total. The number of carboxylic acids is 1. The molecule has 2 aromatic heterocycles. The van der Waals surface area contributed by atoms with Crippen LogP contribution >= 0.6 is 24.0 Å². The number of carboxylic acid groups (broad SMARTS) is 1. The fourth-order valence-electron chi connectivity index (χ4n) is 4.65.